The molecule has 2 aromatic heterocycles. The molecule has 3 aromatic rings. The third kappa shape index (κ3) is 4.39. The Morgan fingerprint density at radius 1 is 1.00 bits per heavy atom. The third-order valence-corrected chi connectivity index (χ3v) is 7.80. The SMILES string of the molecule is Cn1c(CCCCN2CCN(c3nc4ccccc4s3)CC2)nc2c(c1=O)CCCC2. The van der Waals surface area contributed by atoms with Gasteiger partial charge in [0, 0.05) is 45.2 Å². The van der Waals surface area contributed by atoms with Crippen LogP contribution in [0.5, 0.6) is 0 Å². The van der Waals surface area contributed by atoms with Gasteiger partial charge in [-0.05, 0) is 57.2 Å². The predicted molar refractivity (Wildman–Crippen MR) is 127 cm³/mol. The van der Waals surface area contributed by atoms with Crippen LogP contribution >= 0.6 is 11.3 Å². The second-order valence-electron chi connectivity index (χ2n) is 8.77. The largest absolute Gasteiger partial charge is 0.345 e. The molecular formula is C24H31N5OS. The highest BCUT2D eigenvalue weighted by atomic mass is 32.1. The number of hydrogen-bond acceptors (Lipinski definition) is 6. The molecule has 1 aliphatic carbocycles. The molecular weight excluding hydrogens is 406 g/mol. The molecule has 1 saturated heterocycles. The Hall–Kier alpha value is -2.25. The van der Waals surface area contributed by atoms with Gasteiger partial charge in [0.05, 0.1) is 15.9 Å². The first-order valence-corrected chi connectivity index (χ1v) is 12.4. The maximum atomic E-state index is 12.6. The van der Waals surface area contributed by atoms with Crippen LogP contribution in [0.25, 0.3) is 10.2 Å². The van der Waals surface area contributed by atoms with Gasteiger partial charge >= 0.3 is 0 Å². The van der Waals surface area contributed by atoms with Gasteiger partial charge in [0.15, 0.2) is 5.13 Å². The summed E-state index contributed by atoms with van der Waals surface area (Å²) in [7, 11) is 1.89. The summed E-state index contributed by atoms with van der Waals surface area (Å²) in [5, 5.41) is 1.15. The van der Waals surface area contributed by atoms with E-state index >= 15 is 0 Å². The van der Waals surface area contributed by atoms with E-state index < -0.39 is 0 Å². The number of anilines is 1. The predicted octanol–water partition coefficient (Wildman–Crippen LogP) is 3.41. The summed E-state index contributed by atoms with van der Waals surface area (Å²) in [6.07, 6.45) is 7.27. The molecule has 0 bridgehead atoms. The highest BCUT2D eigenvalue weighted by Crippen LogP contribution is 2.29. The maximum Gasteiger partial charge on any atom is 0.256 e. The van der Waals surface area contributed by atoms with Crippen molar-refractivity contribution in [2.75, 3.05) is 37.6 Å². The van der Waals surface area contributed by atoms with Crippen molar-refractivity contribution in [2.45, 2.75) is 44.9 Å². The third-order valence-electron chi connectivity index (χ3n) is 6.70. The zero-order valence-electron chi connectivity index (χ0n) is 18.3. The van der Waals surface area contributed by atoms with Gasteiger partial charge < -0.3 is 4.90 Å². The first-order chi connectivity index (χ1) is 15.2. The first kappa shape index (κ1) is 20.6. The van der Waals surface area contributed by atoms with Gasteiger partial charge in [0.1, 0.15) is 5.82 Å². The van der Waals surface area contributed by atoms with Crippen LogP contribution in [0.4, 0.5) is 5.13 Å². The number of thiazole rings is 1. The fourth-order valence-electron chi connectivity index (χ4n) is 4.79. The average Bonchev–Trinajstić information content (AvgIpc) is 3.24. The molecule has 0 saturated carbocycles. The van der Waals surface area contributed by atoms with E-state index in [0.717, 1.165) is 105 Å². The molecule has 1 aromatic carbocycles. The summed E-state index contributed by atoms with van der Waals surface area (Å²) in [4.78, 5) is 27.3. The lowest BCUT2D eigenvalue weighted by Crippen LogP contribution is -2.46. The molecule has 0 amide bonds. The van der Waals surface area contributed by atoms with Gasteiger partial charge in [-0.1, -0.05) is 23.5 Å². The summed E-state index contributed by atoms with van der Waals surface area (Å²) in [6, 6.07) is 8.39. The minimum atomic E-state index is 0.186. The van der Waals surface area contributed by atoms with Crippen LogP contribution < -0.4 is 10.5 Å². The first-order valence-electron chi connectivity index (χ1n) is 11.6. The molecule has 6 nitrogen and oxygen atoms in total. The lowest BCUT2D eigenvalue weighted by atomic mass is 9.97. The van der Waals surface area contributed by atoms with E-state index in [2.05, 4.69) is 34.1 Å². The highest BCUT2D eigenvalue weighted by Gasteiger charge is 2.20. The lowest BCUT2D eigenvalue weighted by Gasteiger charge is -2.34. The van der Waals surface area contributed by atoms with Crippen molar-refractivity contribution < 1.29 is 0 Å². The topological polar surface area (TPSA) is 54.3 Å². The standard InChI is InChI=1S/C24H31N5OS/c1-27-22(25-19-9-3-2-8-18(19)23(27)30)12-6-7-13-28-14-16-29(17-15-28)24-26-20-10-4-5-11-21(20)31-24/h4-5,10-11H,2-3,6-9,12-17H2,1H3. The number of aromatic nitrogens is 3. The number of benzene rings is 1. The number of aryl methyl sites for hydroxylation is 2. The van der Waals surface area contributed by atoms with Crippen LogP contribution in [0, 0.1) is 0 Å². The number of nitrogens with zero attached hydrogens (tertiary/aromatic N) is 5. The summed E-state index contributed by atoms with van der Waals surface area (Å²) in [5.41, 5.74) is 3.32. The minimum Gasteiger partial charge on any atom is -0.345 e. The molecule has 3 heterocycles. The van der Waals surface area contributed by atoms with Gasteiger partial charge in [0.2, 0.25) is 0 Å². The van der Waals surface area contributed by atoms with E-state index in [-0.39, 0.29) is 5.56 Å². The van der Waals surface area contributed by atoms with Crippen molar-refractivity contribution in [1.29, 1.82) is 0 Å². The summed E-state index contributed by atoms with van der Waals surface area (Å²) in [5.74, 6) is 0.964. The van der Waals surface area contributed by atoms with E-state index in [1.54, 1.807) is 15.9 Å². The van der Waals surface area contributed by atoms with Crippen LogP contribution in [0.2, 0.25) is 0 Å². The van der Waals surface area contributed by atoms with Gasteiger partial charge in [-0.25, -0.2) is 9.97 Å². The van der Waals surface area contributed by atoms with Crippen molar-refractivity contribution in [3.8, 4) is 0 Å². The number of unbranched alkanes of at least 4 members (excludes halogenated alkanes) is 1. The van der Waals surface area contributed by atoms with Gasteiger partial charge in [-0.2, -0.15) is 0 Å². The van der Waals surface area contributed by atoms with Crippen LogP contribution in [0.15, 0.2) is 29.1 Å². The Morgan fingerprint density at radius 2 is 1.81 bits per heavy atom. The Kier molecular flexibility index (Phi) is 6.05. The number of piperazine rings is 1. The Balaban J connectivity index is 1.10. The molecule has 164 valence electrons. The van der Waals surface area contributed by atoms with Crippen molar-refractivity contribution in [3.05, 3.63) is 51.7 Å². The second-order valence-corrected chi connectivity index (χ2v) is 9.78. The Bertz CT molecular complexity index is 1080. The van der Waals surface area contributed by atoms with Crippen LogP contribution in [-0.2, 0) is 26.3 Å². The monoisotopic (exact) mass is 437 g/mol. The molecule has 1 aliphatic heterocycles. The lowest BCUT2D eigenvalue weighted by molar-refractivity contribution is 0.252. The fraction of sp³-hybridized carbons (Fsp3) is 0.542. The van der Waals surface area contributed by atoms with E-state index in [1.165, 1.54) is 4.70 Å². The van der Waals surface area contributed by atoms with Crippen LogP contribution in [-0.4, -0.2) is 52.2 Å². The zero-order valence-corrected chi connectivity index (χ0v) is 19.2. The number of fused-ring (bicyclic) bond motifs is 2. The fourth-order valence-corrected chi connectivity index (χ4v) is 5.81. The normalized spacial score (nSPS) is 17.3. The molecule has 0 atom stereocenters. The summed E-state index contributed by atoms with van der Waals surface area (Å²) in [6.45, 7) is 5.38. The molecule has 1 fully saturated rings. The van der Waals surface area contributed by atoms with E-state index in [4.69, 9.17) is 9.97 Å². The number of para-hydroxylation sites is 1. The molecule has 7 heteroatoms. The van der Waals surface area contributed by atoms with E-state index in [0.29, 0.717) is 0 Å². The van der Waals surface area contributed by atoms with E-state index in [1.807, 2.05) is 7.05 Å². The van der Waals surface area contributed by atoms with E-state index in [9.17, 15) is 4.79 Å². The minimum absolute atomic E-state index is 0.186. The van der Waals surface area contributed by atoms with Crippen molar-refractivity contribution in [1.82, 2.24) is 19.4 Å². The average molecular weight is 438 g/mol. The van der Waals surface area contributed by atoms with Crippen molar-refractivity contribution in [3.63, 3.8) is 0 Å². The second kappa shape index (κ2) is 9.09. The summed E-state index contributed by atoms with van der Waals surface area (Å²) >= 11 is 1.80. The Labute approximate surface area is 187 Å². The van der Waals surface area contributed by atoms with Gasteiger partial charge in [-0.15, -0.1) is 0 Å². The molecule has 0 unspecified atom stereocenters. The molecule has 2 aliphatic rings. The van der Waals surface area contributed by atoms with Gasteiger partial charge in [0.25, 0.3) is 5.56 Å². The highest BCUT2D eigenvalue weighted by molar-refractivity contribution is 7.22. The molecule has 5 rings (SSSR count). The maximum absolute atomic E-state index is 12.6. The zero-order chi connectivity index (χ0) is 21.2. The van der Waals surface area contributed by atoms with Crippen molar-refractivity contribution in [2.24, 2.45) is 7.05 Å². The summed E-state index contributed by atoms with van der Waals surface area (Å²) < 4.78 is 3.06. The van der Waals surface area contributed by atoms with Gasteiger partial charge in [-0.3, -0.25) is 14.3 Å². The quantitative estimate of drug-likeness (QED) is 0.553. The van der Waals surface area contributed by atoms with Crippen molar-refractivity contribution >= 4 is 26.7 Å². The van der Waals surface area contributed by atoms with Crippen LogP contribution in [0.3, 0.4) is 0 Å². The molecule has 0 radical (unpaired) electrons. The van der Waals surface area contributed by atoms with Crippen LogP contribution in [0.1, 0.15) is 42.8 Å². The molecule has 31 heavy (non-hydrogen) atoms. The Morgan fingerprint density at radius 3 is 2.65 bits per heavy atom. The number of rotatable bonds is 6. The molecule has 0 N–H and O–H groups in total. The number of hydrogen-bond donors (Lipinski definition) is 0. The molecule has 0 spiro atoms. The smallest absolute Gasteiger partial charge is 0.256 e.